The number of halogens is 3. The van der Waals surface area contributed by atoms with Crippen molar-refractivity contribution in [2.75, 3.05) is 5.32 Å². The summed E-state index contributed by atoms with van der Waals surface area (Å²) in [5.41, 5.74) is 0.769. The van der Waals surface area contributed by atoms with Crippen LogP contribution >= 0.6 is 0 Å². The van der Waals surface area contributed by atoms with Crippen LogP contribution in [0.5, 0.6) is 5.75 Å². The molecule has 24 heavy (non-hydrogen) atoms. The molecule has 2 amide bonds. The van der Waals surface area contributed by atoms with Crippen molar-refractivity contribution in [2.45, 2.75) is 13.2 Å². The molecule has 0 aliphatic heterocycles. The van der Waals surface area contributed by atoms with Crippen LogP contribution < -0.4 is 15.4 Å². The fourth-order valence-electron chi connectivity index (χ4n) is 1.83. The van der Waals surface area contributed by atoms with Gasteiger partial charge in [-0.1, -0.05) is 6.07 Å². The second-order valence-corrected chi connectivity index (χ2v) is 4.63. The van der Waals surface area contributed by atoms with Crippen molar-refractivity contribution in [3.05, 3.63) is 59.4 Å². The lowest BCUT2D eigenvalue weighted by atomic mass is 10.1. The first-order chi connectivity index (χ1) is 11.5. The van der Waals surface area contributed by atoms with Crippen LogP contribution in [0.4, 0.5) is 23.7 Å². The molecule has 0 atom stereocenters. The number of carbonyl (C=O) groups excluding carboxylic acids is 1. The maximum Gasteiger partial charge on any atom is 0.387 e. The van der Waals surface area contributed by atoms with E-state index in [2.05, 4.69) is 15.4 Å². The van der Waals surface area contributed by atoms with Gasteiger partial charge in [0, 0.05) is 17.8 Å². The molecule has 0 saturated heterocycles. The number of nitriles is 1. The summed E-state index contributed by atoms with van der Waals surface area (Å²) in [6.45, 7) is -3.00. The van der Waals surface area contributed by atoms with Crippen LogP contribution in [0.1, 0.15) is 11.1 Å². The molecule has 5 nitrogen and oxygen atoms in total. The van der Waals surface area contributed by atoms with Crippen molar-refractivity contribution >= 4 is 11.7 Å². The summed E-state index contributed by atoms with van der Waals surface area (Å²) in [5, 5.41) is 13.6. The highest BCUT2D eigenvalue weighted by Crippen LogP contribution is 2.17. The van der Waals surface area contributed by atoms with Gasteiger partial charge < -0.3 is 15.4 Å². The van der Waals surface area contributed by atoms with E-state index in [1.807, 2.05) is 6.07 Å². The molecule has 0 spiro atoms. The molecule has 0 saturated carbocycles. The van der Waals surface area contributed by atoms with Crippen molar-refractivity contribution in [1.82, 2.24) is 5.32 Å². The molecule has 2 N–H and O–H groups in total. The van der Waals surface area contributed by atoms with E-state index in [0.717, 1.165) is 6.07 Å². The Bertz CT molecular complexity index is 758. The number of nitrogens with one attached hydrogen (secondary N) is 2. The van der Waals surface area contributed by atoms with Gasteiger partial charge in [0.25, 0.3) is 0 Å². The molecule has 2 rings (SSSR count). The number of alkyl halides is 2. The second kappa shape index (κ2) is 7.87. The third-order valence-corrected chi connectivity index (χ3v) is 2.96. The summed E-state index contributed by atoms with van der Waals surface area (Å²) in [7, 11) is 0. The Hall–Kier alpha value is -3.21. The molecule has 2 aromatic rings. The maximum atomic E-state index is 13.7. The van der Waals surface area contributed by atoms with Crippen LogP contribution in [0, 0.1) is 17.1 Å². The summed E-state index contributed by atoms with van der Waals surface area (Å²) in [6.07, 6.45) is 0. The summed E-state index contributed by atoms with van der Waals surface area (Å²) in [5.74, 6) is -0.626. The van der Waals surface area contributed by atoms with E-state index in [-0.39, 0.29) is 23.4 Å². The minimum atomic E-state index is -2.92. The summed E-state index contributed by atoms with van der Waals surface area (Å²) in [4.78, 5) is 11.7. The minimum absolute atomic E-state index is 0.0318. The molecular formula is C16H12F3N3O2. The lowest BCUT2D eigenvalue weighted by Crippen LogP contribution is -2.28. The third kappa shape index (κ3) is 4.91. The standard InChI is InChI=1S/C16H12F3N3O2/c17-14-7-10(8-20)1-2-11(14)9-21-16(23)22-12-3-5-13(6-4-12)24-15(18)19/h1-7,15H,9H2,(H2,21,22,23). The van der Waals surface area contributed by atoms with Crippen LogP contribution in [-0.2, 0) is 6.54 Å². The zero-order chi connectivity index (χ0) is 17.5. The van der Waals surface area contributed by atoms with Gasteiger partial charge in [0.15, 0.2) is 0 Å². The number of hydrogen-bond donors (Lipinski definition) is 2. The third-order valence-electron chi connectivity index (χ3n) is 2.96. The number of benzene rings is 2. The Kier molecular flexibility index (Phi) is 5.63. The highest BCUT2D eigenvalue weighted by Gasteiger charge is 2.07. The monoisotopic (exact) mass is 335 g/mol. The van der Waals surface area contributed by atoms with E-state index in [9.17, 15) is 18.0 Å². The lowest BCUT2D eigenvalue weighted by molar-refractivity contribution is -0.0498. The average Bonchev–Trinajstić information content (AvgIpc) is 2.55. The van der Waals surface area contributed by atoms with E-state index in [1.165, 1.54) is 36.4 Å². The molecule has 0 unspecified atom stereocenters. The molecule has 2 aromatic carbocycles. The first-order valence-electron chi connectivity index (χ1n) is 6.76. The zero-order valence-corrected chi connectivity index (χ0v) is 12.2. The fraction of sp³-hybridized carbons (Fsp3) is 0.125. The fourth-order valence-corrected chi connectivity index (χ4v) is 1.83. The largest absolute Gasteiger partial charge is 0.435 e. The van der Waals surface area contributed by atoms with Crippen molar-refractivity contribution in [1.29, 1.82) is 5.26 Å². The molecule has 0 bridgehead atoms. The number of nitrogens with zero attached hydrogens (tertiary/aromatic N) is 1. The Labute approximate surface area is 135 Å². The first-order valence-corrected chi connectivity index (χ1v) is 6.76. The average molecular weight is 335 g/mol. The number of rotatable bonds is 5. The van der Waals surface area contributed by atoms with Crippen molar-refractivity contribution in [3.8, 4) is 11.8 Å². The van der Waals surface area contributed by atoms with Crippen molar-refractivity contribution < 1.29 is 22.7 Å². The van der Waals surface area contributed by atoms with E-state index in [1.54, 1.807) is 0 Å². The van der Waals surface area contributed by atoms with Crippen LogP contribution in [0.2, 0.25) is 0 Å². The van der Waals surface area contributed by atoms with Crippen LogP contribution in [0.15, 0.2) is 42.5 Å². The Morgan fingerprint density at radius 1 is 1.21 bits per heavy atom. The Balaban J connectivity index is 1.88. The first kappa shape index (κ1) is 17.1. The van der Waals surface area contributed by atoms with Gasteiger partial charge >= 0.3 is 12.6 Å². The molecule has 8 heteroatoms. The van der Waals surface area contributed by atoms with Crippen LogP contribution in [0.3, 0.4) is 0 Å². The summed E-state index contributed by atoms with van der Waals surface area (Å²) in [6, 6.07) is 10.5. The van der Waals surface area contributed by atoms with E-state index in [0.29, 0.717) is 5.69 Å². The van der Waals surface area contributed by atoms with Gasteiger partial charge in [-0.05, 0) is 36.4 Å². The van der Waals surface area contributed by atoms with Gasteiger partial charge in [0.2, 0.25) is 0 Å². The lowest BCUT2D eigenvalue weighted by Gasteiger charge is -2.09. The van der Waals surface area contributed by atoms with Gasteiger partial charge in [-0.15, -0.1) is 0 Å². The van der Waals surface area contributed by atoms with E-state index in [4.69, 9.17) is 5.26 Å². The van der Waals surface area contributed by atoms with Crippen molar-refractivity contribution in [3.63, 3.8) is 0 Å². The number of carbonyl (C=O) groups is 1. The predicted octanol–water partition coefficient (Wildman–Crippen LogP) is 3.62. The van der Waals surface area contributed by atoms with E-state index >= 15 is 0 Å². The van der Waals surface area contributed by atoms with Crippen molar-refractivity contribution in [2.24, 2.45) is 0 Å². The van der Waals surface area contributed by atoms with Gasteiger partial charge in [-0.3, -0.25) is 0 Å². The SMILES string of the molecule is N#Cc1ccc(CNC(=O)Nc2ccc(OC(F)F)cc2)c(F)c1. The molecule has 0 heterocycles. The molecular weight excluding hydrogens is 323 g/mol. The normalized spacial score (nSPS) is 10.1. The number of anilines is 1. The Morgan fingerprint density at radius 3 is 2.50 bits per heavy atom. The topological polar surface area (TPSA) is 74.2 Å². The number of hydrogen-bond acceptors (Lipinski definition) is 3. The molecule has 0 fully saturated rings. The number of ether oxygens (including phenoxy) is 1. The predicted molar refractivity (Wildman–Crippen MR) is 80.0 cm³/mol. The maximum absolute atomic E-state index is 13.7. The second-order valence-electron chi connectivity index (χ2n) is 4.63. The number of amides is 2. The van der Waals surface area contributed by atoms with Gasteiger partial charge in [0.1, 0.15) is 11.6 Å². The summed E-state index contributed by atoms with van der Waals surface area (Å²) < 4.78 is 41.9. The Morgan fingerprint density at radius 2 is 1.92 bits per heavy atom. The molecule has 0 aliphatic rings. The molecule has 0 radical (unpaired) electrons. The van der Waals surface area contributed by atoms with Gasteiger partial charge in [0.05, 0.1) is 11.6 Å². The zero-order valence-electron chi connectivity index (χ0n) is 12.2. The minimum Gasteiger partial charge on any atom is -0.435 e. The quantitative estimate of drug-likeness (QED) is 0.876. The smallest absolute Gasteiger partial charge is 0.387 e. The number of urea groups is 1. The highest BCUT2D eigenvalue weighted by molar-refractivity contribution is 5.89. The van der Waals surface area contributed by atoms with Crippen LogP contribution in [0.25, 0.3) is 0 Å². The van der Waals surface area contributed by atoms with E-state index < -0.39 is 18.5 Å². The van der Waals surface area contributed by atoms with Crippen LogP contribution in [-0.4, -0.2) is 12.6 Å². The molecule has 124 valence electrons. The summed E-state index contributed by atoms with van der Waals surface area (Å²) >= 11 is 0. The molecule has 0 aromatic heterocycles. The van der Waals surface area contributed by atoms with Gasteiger partial charge in [-0.25, -0.2) is 9.18 Å². The highest BCUT2D eigenvalue weighted by atomic mass is 19.3. The van der Waals surface area contributed by atoms with Gasteiger partial charge in [-0.2, -0.15) is 14.0 Å². The molecule has 0 aliphatic carbocycles.